The Hall–Kier alpha value is -1.00. The van der Waals surface area contributed by atoms with Crippen LogP contribution in [0.1, 0.15) is 24.0 Å². The number of benzene rings is 1. The van der Waals surface area contributed by atoms with Gasteiger partial charge in [-0.1, -0.05) is 24.3 Å². The van der Waals surface area contributed by atoms with E-state index in [0.717, 1.165) is 29.7 Å². The molecule has 1 aliphatic heterocycles. The summed E-state index contributed by atoms with van der Waals surface area (Å²) in [7, 11) is 0. The summed E-state index contributed by atoms with van der Waals surface area (Å²) in [6.07, 6.45) is 2.13. The topological polar surface area (TPSA) is 49.3 Å². The van der Waals surface area contributed by atoms with E-state index in [1.54, 1.807) is 11.8 Å². The number of carbonyl (C=O) groups is 1. The molecule has 17 heavy (non-hydrogen) atoms. The first kappa shape index (κ1) is 12.5. The van der Waals surface area contributed by atoms with Gasteiger partial charge in [-0.2, -0.15) is 0 Å². The van der Waals surface area contributed by atoms with Gasteiger partial charge < -0.3 is 10.4 Å². The monoisotopic (exact) mass is 251 g/mol. The smallest absolute Gasteiger partial charge is 0.233 e. The summed E-state index contributed by atoms with van der Waals surface area (Å²) in [5.74, 6) is 1.24. The van der Waals surface area contributed by atoms with Gasteiger partial charge in [0.15, 0.2) is 0 Å². The van der Waals surface area contributed by atoms with E-state index >= 15 is 0 Å². The predicted octanol–water partition coefficient (Wildman–Crippen LogP) is 1.69. The first-order valence-electron chi connectivity index (χ1n) is 5.87. The molecule has 4 heteroatoms. The van der Waals surface area contributed by atoms with Gasteiger partial charge in [0.05, 0.1) is 11.9 Å². The Kier molecular flexibility index (Phi) is 4.45. The van der Waals surface area contributed by atoms with Gasteiger partial charge in [0.2, 0.25) is 5.91 Å². The van der Waals surface area contributed by atoms with Gasteiger partial charge in [-0.15, -0.1) is 11.8 Å². The standard InChI is InChI=1S/C13H17NO2S/c15-9-11-4-1-3-10(7-11)8-14-13(16)12-5-2-6-17-12/h1,3-4,7,12,15H,2,5-6,8-9H2,(H,14,16). The van der Waals surface area contributed by atoms with Crippen LogP contribution in [0.15, 0.2) is 24.3 Å². The maximum atomic E-state index is 11.8. The summed E-state index contributed by atoms with van der Waals surface area (Å²) in [5, 5.41) is 12.1. The summed E-state index contributed by atoms with van der Waals surface area (Å²) < 4.78 is 0. The third-order valence-corrected chi connectivity index (χ3v) is 4.24. The second-order valence-electron chi connectivity index (χ2n) is 4.20. The van der Waals surface area contributed by atoms with E-state index in [4.69, 9.17) is 5.11 Å². The minimum absolute atomic E-state index is 0.0419. The molecule has 1 amide bonds. The molecule has 3 nitrogen and oxygen atoms in total. The third-order valence-electron chi connectivity index (χ3n) is 2.86. The highest BCUT2D eigenvalue weighted by atomic mass is 32.2. The van der Waals surface area contributed by atoms with Crippen LogP contribution in [-0.2, 0) is 17.9 Å². The lowest BCUT2D eigenvalue weighted by Crippen LogP contribution is -2.30. The van der Waals surface area contributed by atoms with Crippen molar-refractivity contribution in [1.29, 1.82) is 0 Å². The lowest BCUT2D eigenvalue weighted by Gasteiger charge is -2.10. The molecule has 1 aromatic rings. The molecule has 0 spiro atoms. The second kappa shape index (κ2) is 6.07. The fraction of sp³-hybridized carbons (Fsp3) is 0.462. The average Bonchev–Trinajstić information content (AvgIpc) is 2.90. The van der Waals surface area contributed by atoms with Gasteiger partial charge in [-0.05, 0) is 29.7 Å². The third kappa shape index (κ3) is 3.48. The molecule has 0 radical (unpaired) electrons. The van der Waals surface area contributed by atoms with E-state index in [0.29, 0.717) is 6.54 Å². The van der Waals surface area contributed by atoms with E-state index in [1.165, 1.54) is 0 Å². The van der Waals surface area contributed by atoms with Crippen molar-refractivity contribution in [3.63, 3.8) is 0 Å². The van der Waals surface area contributed by atoms with Crippen molar-refractivity contribution in [2.75, 3.05) is 5.75 Å². The Labute approximate surface area is 106 Å². The molecule has 1 aliphatic rings. The zero-order valence-electron chi connectivity index (χ0n) is 9.69. The summed E-state index contributed by atoms with van der Waals surface area (Å²) >= 11 is 1.74. The summed E-state index contributed by atoms with van der Waals surface area (Å²) in [6.45, 7) is 0.587. The Morgan fingerprint density at radius 3 is 3.00 bits per heavy atom. The highest BCUT2D eigenvalue weighted by Gasteiger charge is 2.22. The molecule has 1 unspecified atom stereocenters. The first-order chi connectivity index (χ1) is 8.29. The highest BCUT2D eigenvalue weighted by molar-refractivity contribution is 8.00. The Bertz CT molecular complexity index is 389. The molecule has 92 valence electrons. The molecule has 2 rings (SSSR count). The van der Waals surface area contributed by atoms with Gasteiger partial charge in [-0.25, -0.2) is 0 Å². The number of aliphatic hydroxyl groups is 1. The number of carbonyl (C=O) groups excluding carboxylic acids is 1. The zero-order chi connectivity index (χ0) is 12.1. The Balaban J connectivity index is 1.86. The van der Waals surface area contributed by atoms with Crippen LogP contribution in [0.25, 0.3) is 0 Å². The minimum atomic E-state index is 0.0419. The maximum Gasteiger partial charge on any atom is 0.233 e. The van der Waals surface area contributed by atoms with Crippen molar-refractivity contribution in [2.45, 2.75) is 31.2 Å². The van der Waals surface area contributed by atoms with Crippen LogP contribution in [-0.4, -0.2) is 22.0 Å². The molecular weight excluding hydrogens is 234 g/mol. The highest BCUT2D eigenvalue weighted by Crippen LogP contribution is 2.26. The second-order valence-corrected chi connectivity index (χ2v) is 5.51. The quantitative estimate of drug-likeness (QED) is 0.856. The van der Waals surface area contributed by atoms with Crippen molar-refractivity contribution in [1.82, 2.24) is 5.32 Å². The molecule has 0 bridgehead atoms. The van der Waals surface area contributed by atoms with Gasteiger partial charge in [-0.3, -0.25) is 4.79 Å². The number of amides is 1. The normalized spacial score (nSPS) is 19.2. The van der Waals surface area contributed by atoms with Crippen molar-refractivity contribution < 1.29 is 9.90 Å². The van der Waals surface area contributed by atoms with Crippen LogP contribution in [0.3, 0.4) is 0 Å². The van der Waals surface area contributed by atoms with Crippen molar-refractivity contribution in [3.8, 4) is 0 Å². The van der Waals surface area contributed by atoms with Crippen molar-refractivity contribution in [3.05, 3.63) is 35.4 Å². The number of nitrogens with one attached hydrogen (secondary N) is 1. The average molecular weight is 251 g/mol. The van der Waals surface area contributed by atoms with Gasteiger partial charge >= 0.3 is 0 Å². The lowest BCUT2D eigenvalue weighted by molar-refractivity contribution is -0.120. The zero-order valence-corrected chi connectivity index (χ0v) is 10.5. The van der Waals surface area contributed by atoms with Crippen LogP contribution < -0.4 is 5.32 Å². The molecule has 1 fully saturated rings. The molecular formula is C13H17NO2S. The SMILES string of the molecule is O=C(NCc1cccc(CO)c1)C1CCCS1. The van der Waals surface area contributed by atoms with Crippen LogP contribution in [0.4, 0.5) is 0 Å². The Morgan fingerprint density at radius 1 is 1.47 bits per heavy atom. The molecule has 0 aliphatic carbocycles. The number of hydrogen-bond acceptors (Lipinski definition) is 3. The van der Waals surface area contributed by atoms with Gasteiger partial charge in [0.1, 0.15) is 0 Å². The number of hydrogen-bond donors (Lipinski definition) is 2. The molecule has 1 atom stereocenters. The van der Waals surface area contributed by atoms with Gasteiger partial charge in [0, 0.05) is 6.54 Å². The van der Waals surface area contributed by atoms with Crippen molar-refractivity contribution in [2.24, 2.45) is 0 Å². The Morgan fingerprint density at radius 2 is 2.29 bits per heavy atom. The van der Waals surface area contributed by atoms with E-state index < -0.39 is 0 Å². The molecule has 2 N–H and O–H groups in total. The number of thioether (sulfide) groups is 1. The largest absolute Gasteiger partial charge is 0.392 e. The van der Waals surface area contributed by atoms with E-state index in [2.05, 4.69) is 5.32 Å². The summed E-state index contributed by atoms with van der Waals surface area (Å²) in [4.78, 5) is 11.8. The van der Waals surface area contributed by atoms with Crippen LogP contribution >= 0.6 is 11.8 Å². The van der Waals surface area contributed by atoms with Crippen LogP contribution in [0, 0.1) is 0 Å². The maximum absolute atomic E-state index is 11.8. The summed E-state index contributed by atoms with van der Waals surface area (Å²) in [6, 6.07) is 7.65. The lowest BCUT2D eigenvalue weighted by atomic mass is 10.1. The number of aliphatic hydroxyl groups excluding tert-OH is 1. The fourth-order valence-corrected chi connectivity index (χ4v) is 3.11. The minimum Gasteiger partial charge on any atom is -0.392 e. The molecule has 1 saturated heterocycles. The van der Waals surface area contributed by atoms with E-state index in [-0.39, 0.29) is 17.8 Å². The number of rotatable bonds is 4. The first-order valence-corrected chi connectivity index (χ1v) is 6.92. The molecule has 0 saturated carbocycles. The summed E-state index contributed by atoms with van der Waals surface area (Å²) in [5.41, 5.74) is 1.92. The fourth-order valence-electron chi connectivity index (χ4n) is 1.93. The molecule has 0 aromatic heterocycles. The van der Waals surface area contributed by atoms with Crippen LogP contribution in [0.2, 0.25) is 0 Å². The van der Waals surface area contributed by atoms with Gasteiger partial charge in [0.25, 0.3) is 0 Å². The van der Waals surface area contributed by atoms with Crippen LogP contribution in [0.5, 0.6) is 0 Å². The van der Waals surface area contributed by atoms with Crippen molar-refractivity contribution >= 4 is 17.7 Å². The van der Waals surface area contributed by atoms with E-state index in [1.807, 2.05) is 24.3 Å². The molecule has 1 heterocycles. The van der Waals surface area contributed by atoms with E-state index in [9.17, 15) is 4.79 Å². The predicted molar refractivity (Wildman–Crippen MR) is 69.7 cm³/mol. The molecule has 1 aromatic carbocycles.